The largest absolute Gasteiger partial charge is 0.326 e. The van der Waals surface area contributed by atoms with Crippen LogP contribution in [0.5, 0.6) is 0 Å². The van der Waals surface area contributed by atoms with Crippen LogP contribution in [0.15, 0.2) is 24.3 Å². The molecule has 110 valence electrons. The van der Waals surface area contributed by atoms with Crippen LogP contribution in [0.1, 0.15) is 5.82 Å². The zero-order valence-corrected chi connectivity index (χ0v) is 12.4. The highest BCUT2D eigenvalue weighted by Gasteiger charge is 2.26. The number of anilines is 3. The molecule has 0 spiro atoms. The Morgan fingerprint density at radius 2 is 2.05 bits per heavy atom. The maximum atomic E-state index is 12.0. The van der Waals surface area contributed by atoms with Crippen molar-refractivity contribution in [2.75, 3.05) is 30.4 Å². The molecule has 1 aromatic carbocycles. The van der Waals surface area contributed by atoms with E-state index in [1.54, 1.807) is 14.5 Å². The Labute approximate surface area is 123 Å². The summed E-state index contributed by atoms with van der Waals surface area (Å²) >= 11 is 0. The lowest BCUT2D eigenvalue weighted by atomic mass is 10.2. The lowest BCUT2D eigenvalue weighted by molar-refractivity contribution is 0.229. The van der Waals surface area contributed by atoms with Crippen LogP contribution in [0.4, 0.5) is 22.1 Å². The molecule has 2 aromatic rings. The molecule has 7 heteroatoms. The first-order valence-electron chi connectivity index (χ1n) is 6.82. The van der Waals surface area contributed by atoms with Crippen LogP contribution in [-0.2, 0) is 7.05 Å². The lowest BCUT2D eigenvalue weighted by Gasteiger charge is -2.17. The minimum Gasteiger partial charge on any atom is -0.326 e. The maximum Gasteiger partial charge on any atom is 0.324 e. The second-order valence-corrected chi connectivity index (χ2v) is 5.14. The van der Waals surface area contributed by atoms with Crippen molar-refractivity contribution in [3.8, 4) is 0 Å². The number of hydrogen-bond donors (Lipinski definition) is 1. The SMILES string of the molecule is Cc1nc(Nc2cccc(N3CCN(C)C3=O)c2)n(C)n1. The van der Waals surface area contributed by atoms with E-state index in [0.717, 1.165) is 17.9 Å². The van der Waals surface area contributed by atoms with Crippen molar-refractivity contribution in [3.63, 3.8) is 0 Å². The van der Waals surface area contributed by atoms with Gasteiger partial charge in [-0.1, -0.05) is 6.07 Å². The van der Waals surface area contributed by atoms with Crippen LogP contribution < -0.4 is 10.2 Å². The normalized spacial score (nSPS) is 14.9. The molecule has 0 atom stereocenters. The van der Waals surface area contributed by atoms with Crippen molar-refractivity contribution in [1.82, 2.24) is 19.7 Å². The van der Waals surface area contributed by atoms with Gasteiger partial charge in [-0.15, -0.1) is 0 Å². The van der Waals surface area contributed by atoms with E-state index in [-0.39, 0.29) is 6.03 Å². The van der Waals surface area contributed by atoms with Crippen LogP contribution in [0, 0.1) is 6.92 Å². The Kier molecular flexibility index (Phi) is 3.25. The number of urea groups is 1. The summed E-state index contributed by atoms with van der Waals surface area (Å²) in [5.74, 6) is 1.39. The number of benzene rings is 1. The van der Waals surface area contributed by atoms with Crippen molar-refractivity contribution in [3.05, 3.63) is 30.1 Å². The van der Waals surface area contributed by atoms with Crippen molar-refractivity contribution in [1.29, 1.82) is 0 Å². The average molecular weight is 286 g/mol. The van der Waals surface area contributed by atoms with Gasteiger partial charge in [-0.25, -0.2) is 9.48 Å². The first kappa shape index (κ1) is 13.4. The van der Waals surface area contributed by atoms with Crippen LogP contribution >= 0.6 is 0 Å². The first-order chi connectivity index (χ1) is 10.0. The van der Waals surface area contributed by atoms with Gasteiger partial charge in [-0.05, 0) is 25.1 Å². The Balaban J connectivity index is 1.83. The molecule has 2 amide bonds. The summed E-state index contributed by atoms with van der Waals surface area (Å²) in [4.78, 5) is 19.8. The fourth-order valence-corrected chi connectivity index (χ4v) is 2.39. The van der Waals surface area contributed by atoms with Gasteiger partial charge in [-0.2, -0.15) is 10.1 Å². The van der Waals surface area contributed by atoms with Crippen LogP contribution in [0.3, 0.4) is 0 Å². The van der Waals surface area contributed by atoms with Gasteiger partial charge in [0.2, 0.25) is 5.95 Å². The first-order valence-corrected chi connectivity index (χ1v) is 6.82. The van der Waals surface area contributed by atoms with Crippen molar-refractivity contribution < 1.29 is 4.79 Å². The van der Waals surface area contributed by atoms with E-state index in [1.165, 1.54) is 0 Å². The molecule has 2 heterocycles. The summed E-state index contributed by atoms with van der Waals surface area (Å²) < 4.78 is 1.69. The summed E-state index contributed by atoms with van der Waals surface area (Å²) in [6.45, 7) is 3.31. The Morgan fingerprint density at radius 1 is 1.24 bits per heavy atom. The van der Waals surface area contributed by atoms with E-state index in [0.29, 0.717) is 18.3 Å². The zero-order chi connectivity index (χ0) is 15.0. The molecule has 1 saturated heterocycles. The van der Waals surface area contributed by atoms with Crippen molar-refractivity contribution in [2.45, 2.75) is 6.92 Å². The van der Waals surface area contributed by atoms with Crippen molar-refractivity contribution >= 4 is 23.4 Å². The number of aromatic nitrogens is 3. The number of hydrogen-bond acceptors (Lipinski definition) is 4. The molecule has 0 unspecified atom stereocenters. The molecular weight excluding hydrogens is 268 g/mol. The average Bonchev–Trinajstić information content (AvgIpc) is 2.94. The van der Waals surface area contributed by atoms with Crippen LogP contribution in [0.25, 0.3) is 0 Å². The molecule has 0 saturated carbocycles. The number of aryl methyl sites for hydroxylation is 2. The molecule has 0 bridgehead atoms. The van der Waals surface area contributed by atoms with Gasteiger partial charge in [-0.3, -0.25) is 4.90 Å². The summed E-state index contributed by atoms with van der Waals surface area (Å²) in [6.07, 6.45) is 0. The Bertz CT molecular complexity index is 680. The smallest absolute Gasteiger partial charge is 0.324 e. The van der Waals surface area contributed by atoms with E-state index >= 15 is 0 Å². The minimum atomic E-state index is 0.0293. The molecule has 3 rings (SSSR count). The summed E-state index contributed by atoms with van der Waals surface area (Å²) in [5.41, 5.74) is 1.76. The monoisotopic (exact) mass is 286 g/mol. The Hall–Kier alpha value is -2.57. The molecule has 1 fully saturated rings. The van der Waals surface area contributed by atoms with E-state index in [9.17, 15) is 4.79 Å². The van der Waals surface area contributed by atoms with Crippen LogP contribution in [-0.4, -0.2) is 45.8 Å². The lowest BCUT2D eigenvalue weighted by Crippen LogP contribution is -2.29. The number of carbonyl (C=O) groups excluding carboxylic acids is 1. The molecule has 1 aliphatic rings. The third-order valence-electron chi connectivity index (χ3n) is 3.50. The fraction of sp³-hybridized carbons (Fsp3) is 0.357. The highest BCUT2D eigenvalue weighted by molar-refractivity contribution is 5.94. The zero-order valence-electron chi connectivity index (χ0n) is 12.4. The standard InChI is InChI=1S/C14H18N6O/c1-10-15-13(19(3)17-10)16-11-5-4-6-12(9-11)20-8-7-18(2)14(20)21/h4-6,9H,7-8H2,1-3H3,(H,15,16,17). The maximum absolute atomic E-state index is 12.0. The van der Waals surface area contributed by atoms with Gasteiger partial charge < -0.3 is 10.2 Å². The van der Waals surface area contributed by atoms with Gasteiger partial charge in [0.05, 0.1) is 0 Å². The van der Waals surface area contributed by atoms with E-state index < -0.39 is 0 Å². The molecule has 21 heavy (non-hydrogen) atoms. The number of carbonyl (C=O) groups is 1. The van der Waals surface area contributed by atoms with E-state index in [2.05, 4.69) is 15.4 Å². The fourth-order valence-electron chi connectivity index (χ4n) is 2.39. The van der Waals surface area contributed by atoms with Crippen molar-refractivity contribution in [2.24, 2.45) is 7.05 Å². The third kappa shape index (κ3) is 2.54. The number of amides is 2. The predicted molar refractivity (Wildman–Crippen MR) is 80.8 cm³/mol. The summed E-state index contributed by atoms with van der Waals surface area (Å²) in [5, 5.41) is 7.42. The quantitative estimate of drug-likeness (QED) is 0.933. The predicted octanol–water partition coefficient (Wildman–Crippen LogP) is 1.74. The number of nitrogens with zero attached hydrogens (tertiary/aromatic N) is 5. The molecule has 7 nitrogen and oxygen atoms in total. The molecule has 0 radical (unpaired) electrons. The summed E-state index contributed by atoms with van der Waals surface area (Å²) in [6, 6.07) is 7.77. The number of likely N-dealkylation sites (N-methyl/N-ethyl adjacent to an activating group) is 1. The highest BCUT2D eigenvalue weighted by Crippen LogP contribution is 2.24. The van der Waals surface area contributed by atoms with Gasteiger partial charge in [0, 0.05) is 38.6 Å². The Morgan fingerprint density at radius 3 is 2.67 bits per heavy atom. The van der Waals surface area contributed by atoms with Crippen LogP contribution in [0.2, 0.25) is 0 Å². The van der Waals surface area contributed by atoms with Gasteiger partial charge >= 0.3 is 6.03 Å². The third-order valence-corrected chi connectivity index (χ3v) is 3.50. The van der Waals surface area contributed by atoms with Gasteiger partial charge in [0.25, 0.3) is 0 Å². The molecule has 1 N–H and O–H groups in total. The number of rotatable bonds is 3. The van der Waals surface area contributed by atoms with E-state index in [4.69, 9.17) is 0 Å². The van der Waals surface area contributed by atoms with Gasteiger partial charge in [0.15, 0.2) is 0 Å². The molecule has 0 aliphatic carbocycles. The summed E-state index contributed by atoms with van der Waals surface area (Å²) in [7, 11) is 3.65. The minimum absolute atomic E-state index is 0.0293. The topological polar surface area (TPSA) is 66.3 Å². The second-order valence-electron chi connectivity index (χ2n) is 5.14. The molecule has 1 aliphatic heterocycles. The molecule has 1 aromatic heterocycles. The second kappa shape index (κ2) is 5.08. The highest BCUT2D eigenvalue weighted by atomic mass is 16.2. The van der Waals surface area contributed by atoms with E-state index in [1.807, 2.05) is 45.3 Å². The van der Waals surface area contributed by atoms with Gasteiger partial charge in [0.1, 0.15) is 5.82 Å². The molecular formula is C14H18N6O. The number of nitrogens with one attached hydrogen (secondary N) is 1.